The molecule has 0 aliphatic heterocycles. The number of H-pyrrole nitrogens is 1. The van der Waals surface area contributed by atoms with Crippen LogP contribution in [0.2, 0.25) is 0 Å². The Labute approximate surface area is 93.1 Å². The highest BCUT2D eigenvalue weighted by Gasteiger charge is 2.45. The van der Waals surface area contributed by atoms with Gasteiger partial charge in [0.15, 0.2) is 0 Å². The minimum atomic E-state index is -0.672. The number of para-hydroxylation sites is 1. The van der Waals surface area contributed by atoms with Crippen molar-refractivity contribution in [3.8, 4) is 0 Å². The number of carbonyl (C=O) groups is 1. The number of aromatic amines is 1. The summed E-state index contributed by atoms with van der Waals surface area (Å²) in [5, 5.41) is 10.2. The molecule has 2 atom stereocenters. The second-order valence-electron chi connectivity index (χ2n) is 4.50. The average molecular weight is 215 g/mol. The Hall–Kier alpha value is -1.77. The van der Waals surface area contributed by atoms with Gasteiger partial charge in [0.1, 0.15) is 0 Å². The van der Waals surface area contributed by atoms with E-state index in [9.17, 15) is 4.79 Å². The molecule has 2 aromatic rings. The molecule has 1 aliphatic rings. The fourth-order valence-electron chi connectivity index (χ4n) is 2.56. The first kappa shape index (κ1) is 9.46. The van der Waals surface area contributed by atoms with Gasteiger partial charge in [-0.25, -0.2) is 0 Å². The molecule has 0 amide bonds. The summed E-state index contributed by atoms with van der Waals surface area (Å²) < 4.78 is 0. The van der Waals surface area contributed by atoms with Crippen LogP contribution in [0.4, 0.5) is 0 Å². The van der Waals surface area contributed by atoms with E-state index < -0.39 is 5.97 Å². The molecule has 0 saturated heterocycles. The molecular formula is C13H13NO2. The van der Waals surface area contributed by atoms with E-state index in [1.165, 1.54) is 10.9 Å². The number of carboxylic acids is 1. The number of rotatable bonds is 2. The third-order valence-corrected chi connectivity index (χ3v) is 3.42. The molecule has 0 bridgehead atoms. The quantitative estimate of drug-likeness (QED) is 0.809. The number of aryl methyl sites for hydroxylation is 1. The Bertz CT molecular complexity index is 570. The van der Waals surface area contributed by atoms with Gasteiger partial charge in [-0.2, -0.15) is 0 Å². The summed E-state index contributed by atoms with van der Waals surface area (Å²) in [4.78, 5) is 14.2. The molecule has 1 heterocycles. The number of hydrogen-bond acceptors (Lipinski definition) is 1. The number of nitrogens with one attached hydrogen (secondary N) is 1. The Morgan fingerprint density at radius 2 is 2.19 bits per heavy atom. The normalized spacial score (nSPS) is 23.6. The summed E-state index contributed by atoms with van der Waals surface area (Å²) in [7, 11) is 0. The molecular weight excluding hydrogens is 202 g/mol. The summed E-state index contributed by atoms with van der Waals surface area (Å²) >= 11 is 0. The molecule has 1 aliphatic carbocycles. The van der Waals surface area contributed by atoms with Gasteiger partial charge >= 0.3 is 5.97 Å². The van der Waals surface area contributed by atoms with E-state index in [1.54, 1.807) is 0 Å². The smallest absolute Gasteiger partial charge is 0.307 e. The fourth-order valence-corrected chi connectivity index (χ4v) is 2.56. The van der Waals surface area contributed by atoms with Crippen molar-refractivity contribution in [1.29, 1.82) is 0 Å². The van der Waals surface area contributed by atoms with Crippen LogP contribution in [0.3, 0.4) is 0 Å². The van der Waals surface area contributed by atoms with Crippen LogP contribution in [0.1, 0.15) is 23.6 Å². The molecule has 1 aromatic carbocycles. The topological polar surface area (TPSA) is 53.1 Å². The number of carboxylic acid groups (broad SMARTS) is 1. The zero-order valence-corrected chi connectivity index (χ0v) is 9.03. The molecule has 1 aromatic heterocycles. The van der Waals surface area contributed by atoms with E-state index >= 15 is 0 Å². The maximum atomic E-state index is 10.9. The maximum absolute atomic E-state index is 10.9. The zero-order chi connectivity index (χ0) is 11.3. The van der Waals surface area contributed by atoms with Crippen LogP contribution < -0.4 is 0 Å². The van der Waals surface area contributed by atoms with Gasteiger partial charge in [-0.1, -0.05) is 18.2 Å². The number of hydrogen-bond donors (Lipinski definition) is 2. The first-order valence-corrected chi connectivity index (χ1v) is 5.48. The van der Waals surface area contributed by atoms with Crippen molar-refractivity contribution in [1.82, 2.24) is 4.98 Å². The Morgan fingerprint density at radius 3 is 2.88 bits per heavy atom. The molecule has 1 fully saturated rings. The number of fused-ring (bicyclic) bond motifs is 1. The third-order valence-electron chi connectivity index (χ3n) is 3.42. The van der Waals surface area contributed by atoms with Gasteiger partial charge in [0, 0.05) is 22.5 Å². The van der Waals surface area contributed by atoms with Crippen LogP contribution in [-0.2, 0) is 4.79 Å². The summed E-state index contributed by atoms with van der Waals surface area (Å²) in [6.45, 7) is 2.02. The van der Waals surface area contributed by atoms with Gasteiger partial charge in [0.2, 0.25) is 0 Å². The maximum Gasteiger partial charge on any atom is 0.307 e. The molecule has 3 rings (SSSR count). The second kappa shape index (κ2) is 3.11. The molecule has 3 heteroatoms. The second-order valence-corrected chi connectivity index (χ2v) is 4.50. The highest BCUT2D eigenvalue weighted by Crippen LogP contribution is 2.50. The average Bonchev–Trinajstić information content (AvgIpc) is 2.95. The minimum Gasteiger partial charge on any atom is -0.481 e. The zero-order valence-electron chi connectivity index (χ0n) is 9.03. The highest BCUT2D eigenvalue weighted by molar-refractivity contribution is 5.87. The number of aromatic nitrogens is 1. The first-order chi connectivity index (χ1) is 7.68. The van der Waals surface area contributed by atoms with Crippen molar-refractivity contribution in [2.75, 3.05) is 0 Å². The molecule has 16 heavy (non-hydrogen) atoms. The molecule has 2 N–H and O–H groups in total. The van der Waals surface area contributed by atoms with Crippen molar-refractivity contribution in [2.24, 2.45) is 5.92 Å². The first-order valence-electron chi connectivity index (χ1n) is 5.48. The van der Waals surface area contributed by atoms with Gasteiger partial charge in [-0.05, 0) is 25.0 Å². The number of aliphatic carboxylic acids is 1. The predicted molar refractivity (Wildman–Crippen MR) is 61.5 cm³/mol. The fraction of sp³-hybridized carbons (Fsp3) is 0.308. The van der Waals surface area contributed by atoms with Crippen LogP contribution in [0.5, 0.6) is 0 Å². The minimum absolute atomic E-state index is 0.182. The van der Waals surface area contributed by atoms with E-state index in [0.29, 0.717) is 0 Å². The summed E-state index contributed by atoms with van der Waals surface area (Å²) in [6, 6.07) is 8.08. The Morgan fingerprint density at radius 1 is 1.44 bits per heavy atom. The van der Waals surface area contributed by atoms with Gasteiger partial charge in [0.25, 0.3) is 0 Å². The van der Waals surface area contributed by atoms with E-state index in [4.69, 9.17) is 5.11 Å². The standard InChI is InChI=1S/C13H13NO2/c1-7-12(9-6-10(9)13(15)16)8-4-2-3-5-11(8)14-7/h2-5,9-10,14H,6H2,1H3,(H,15,16). The van der Waals surface area contributed by atoms with E-state index in [2.05, 4.69) is 11.1 Å². The Balaban J connectivity index is 2.11. The van der Waals surface area contributed by atoms with Crippen LogP contribution in [-0.4, -0.2) is 16.1 Å². The van der Waals surface area contributed by atoms with E-state index in [0.717, 1.165) is 17.6 Å². The lowest BCUT2D eigenvalue weighted by atomic mass is 10.1. The Kier molecular flexibility index (Phi) is 1.84. The lowest BCUT2D eigenvalue weighted by molar-refractivity contribution is -0.138. The van der Waals surface area contributed by atoms with Crippen LogP contribution in [0.15, 0.2) is 24.3 Å². The van der Waals surface area contributed by atoms with Gasteiger partial charge in [-0.3, -0.25) is 4.79 Å². The van der Waals surface area contributed by atoms with Crippen LogP contribution in [0, 0.1) is 12.8 Å². The van der Waals surface area contributed by atoms with E-state index in [1.807, 2.05) is 25.1 Å². The van der Waals surface area contributed by atoms with E-state index in [-0.39, 0.29) is 11.8 Å². The predicted octanol–water partition coefficient (Wildman–Crippen LogP) is 2.66. The van der Waals surface area contributed by atoms with Crippen LogP contribution >= 0.6 is 0 Å². The lowest BCUT2D eigenvalue weighted by Gasteiger charge is -1.98. The summed E-state index contributed by atoms with van der Waals surface area (Å²) in [6.07, 6.45) is 0.776. The van der Waals surface area contributed by atoms with Crippen molar-refractivity contribution < 1.29 is 9.90 Å². The third kappa shape index (κ3) is 1.24. The molecule has 3 nitrogen and oxygen atoms in total. The summed E-state index contributed by atoms with van der Waals surface area (Å²) in [5.41, 5.74) is 3.41. The van der Waals surface area contributed by atoms with Crippen molar-refractivity contribution in [2.45, 2.75) is 19.3 Å². The van der Waals surface area contributed by atoms with Crippen LogP contribution in [0.25, 0.3) is 10.9 Å². The molecule has 82 valence electrons. The molecule has 0 spiro atoms. The molecule has 0 radical (unpaired) electrons. The molecule has 1 saturated carbocycles. The van der Waals surface area contributed by atoms with Gasteiger partial charge < -0.3 is 10.1 Å². The van der Waals surface area contributed by atoms with Gasteiger partial charge in [0.05, 0.1) is 5.92 Å². The largest absolute Gasteiger partial charge is 0.481 e. The SMILES string of the molecule is Cc1[nH]c2ccccc2c1C1CC1C(=O)O. The number of benzene rings is 1. The molecule has 2 unspecified atom stereocenters. The highest BCUT2D eigenvalue weighted by atomic mass is 16.4. The lowest BCUT2D eigenvalue weighted by Crippen LogP contribution is -1.99. The van der Waals surface area contributed by atoms with Crippen molar-refractivity contribution in [3.63, 3.8) is 0 Å². The van der Waals surface area contributed by atoms with Gasteiger partial charge in [-0.15, -0.1) is 0 Å². The summed E-state index contributed by atoms with van der Waals surface area (Å²) in [5.74, 6) is -0.652. The monoisotopic (exact) mass is 215 g/mol. The van der Waals surface area contributed by atoms with Crippen molar-refractivity contribution >= 4 is 16.9 Å². The van der Waals surface area contributed by atoms with Crippen molar-refractivity contribution in [3.05, 3.63) is 35.5 Å².